The molecule has 3 aromatic rings. The van der Waals surface area contributed by atoms with Crippen LogP contribution in [0.3, 0.4) is 0 Å². The smallest absolute Gasteiger partial charge is 0.254 e. The van der Waals surface area contributed by atoms with Crippen LogP contribution in [0.4, 0.5) is 0 Å². The summed E-state index contributed by atoms with van der Waals surface area (Å²) in [5.41, 5.74) is 2.71. The number of carbonyl (C=O) groups excluding carboxylic acids is 1. The normalized spacial score (nSPS) is 17.0. The molecule has 7 heteroatoms. The molecule has 1 fully saturated rings. The van der Waals surface area contributed by atoms with Gasteiger partial charge in [-0.05, 0) is 53.1 Å². The van der Waals surface area contributed by atoms with Gasteiger partial charge < -0.3 is 4.90 Å². The van der Waals surface area contributed by atoms with E-state index < -0.39 is 0 Å². The van der Waals surface area contributed by atoms with Gasteiger partial charge in [-0.2, -0.15) is 0 Å². The van der Waals surface area contributed by atoms with E-state index in [0.29, 0.717) is 12.1 Å². The van der Waals surface area contributed by atoms with Crippen molar-refractivity contribution in [1.29, 1.82) is 0 Å². The van der Waals surface area contributed by atoms with E-state index in [1.165, 1.54) is 0 Å². The molecule has 0 radical (unpaired) electrons. The molecule has 1 saturated heterocycles. The summed E-state index contributed by atoms with van der Waals surface area (Å²) in [6.45, 7) is 1.36. The van der Waals surface area contributed by atoms with Crippen molar-refractivity contribution in [3.05, 3.63) is 71.8 Å². The number of benzene rings is 1. The number of hydrogen-bond donors (Lipinski definition) is 0. The van der Waals surface area contributed by atoms with Crippen LogP contribution in [-0.4, -0.2) is 42.5 Å². The predicted octanol–water partition coefficient (Wildman–Crippen LogP) is 2.09. The molecule has 3 heterocycles. The third-order valence-corrected chi connectivity index (χ3v) is 4.48. The van der Waals surface area contributed by atoms with Gasteiger partial charge in [0.05, 0.1) is 18.3 Å². The van der Waals surface area contributed by atoms with Gasteiger partial charge in [0.15, 0.2) is 0 Å². The highest BCUT2D eigenvalue weighted by molar-refractivity contribution is 5.94. The molecule has 0 saturated carbocycles. The first-order valence-corrected chi connectivity index (χ1v) is 8.33. The monoisotopic (exact) mass is 334 g/mol. The molecule has 0 N–H and O–H groups in total. The maximum absolute atomic E-state index is 12.9. The van der Waals surface area contributed by atoms with Crippen molar-refractivity contribution >= 4 is 5.91 Å². The lowest BCUT2D eigenvalue weighted by atomic mass is 10.1. The first-order chi connectivity index (χ1) is 12.3. The van der Waals surface area contributed by atoms with Crippen molar-refractivity contribution < 1.29 is 4.79 Å². The van der Waals surface area contributed by atoms with Gasteiger partial charge in [-0.1, -0.05) is 18.2 Å². The summed E-state index contributed by atoms with van der Waals surface area (Å²) in [4.78, 5) is 19.3. The van der Waals surface area contributed by atoms with Gasteiger partial charge in [0.2, 0.25) is 0 Å². The van der Waals surface area contributed by atoms with Crippen LogP contribution in [0.2, 0.25) is 0 Å². The number of pyridine rings is 1. The number of aromatic nitrogens is 5. The number of hydrogen-bond acceptors (Lipinski definition) is 5. The minimum Gasteiger partial charge on any atom is -0.330 e. The molecule has 1 aromatic carbocycles. The largest absolute Gasteiger partial charge is 0.330 e. The Morgan fingerprint density at radius 2 is 2.04 bits per heavy atom. The van der Waals surface area contributed by atoms with Crippen LogP contribution in [0.25, 0.3) is 0 Å². The Morgan fingerprint density at radius 3 is 2.76 bits per heavy atom. The van der Waals surface area contributed by atoms with Crippen molar-refractivity contribution in [3.63, 3.8) is 0 Å². The molecule has 7 nitrogen and oxygen atoms in total. The highest BCUT2D eigenvalue weighted by Crippen LogP contribution is 2.31. The van der Waals surface area contributed by atoms with Gasteiger partial charge in [-0.15, -0.1) is 5.10 Å². The zero-order valence-electron chi connectivity index (χ0n) is 13.7. The first-order valence-electron chi connectivity index (χ1n) is 8.33. The lowest BCUT2D eigenvalue weighted by molar-refractivity contribution is 0.0733. The predicted molar refractivity (Wildman–Crippen MR) is 90.6 cm³/mol. The number of rotatable bonds is 4. The Labute approximate surface area is 145 Å². The Morgan fingerprint density at radius 1 is 1.16 bits per heavy atom. The number of nitrogens with zero attached hydrogens (tertiary/aromatic N) is 6. The molecule has 0 unspecified atom stereocenters. The van der Waals surface area contributed by atoms with Gasteiger partial charge in [-0.25, -0.2) is 4.68 Å². The quantitative estimate of drug-likeness (QED) is 0.730. The van der Waals surface area contributed by atoms with Crippen molar-refractivity contribution in [2.75, 3.05) is 6.54 Å². The topological polar surface area (TPSA) is 76.8 Å². The summed E-state index contributed by atoms with van der Waals surface area (Å²) in [6, 6.07) is 13.6. The standard InChI is InChI=1S/C18H18N6O/c25-18(24-11-3-5-17(24)16-4-1-2-10-19-16)15-8-6-14(7-9-15)12-23-13-20-21-22-23/h1-2,4,6-10,13,17H,3,5,11-12H2/t17-/m0/s1. The summed E-state index contributed by atoms with van der Waals surface area (Å²) < 4.78 is 1.65. The van der Waals surface area contributed by atoms with Crippen LogP contribution < -0.4 is 0 Å². The molecule has 1 atom stereocenters. The fraction of sp³-hybridized carbons (Fsp3) is 0.278. The van der Waals surface area contributed by atoms with Crippen molar-refractivity contribution in [3.8, 4) is 0 Å². The molecule has 1 aliphatic heterocycles. The van der Waals surface area contributed by atoms with E-state index in [2.05, 4.69) is 20.5 Å². The highest BCUT2D eigenvalue weighted by atomic mass is 16.2. The summed E-state index contributed by atoms with van der Waals surface area (Å²) in [6.07, 6.45) is 5.31. The van der Waals surface area contributed by atoms with Crippen LogP contribution in [0, 0.1) is 0 Å². The van der Waals surface area contributed by atoms with E-state index in [9.17, 15) is 4.79 Å². The third kappa shape index (κ3) is 3.26. The fourth-order valence-corrected chi connectivity index (χ4v) is 3.25. The Kier molecular flexibility index (Phi) is 4.20. The second-order valence-corrected chi connectivity index (χ2v) is 6.12. The van der Waals surface area contributed by atoms with Crippen LogP contribution in [0.15, 0.2) is 55.0 Å². The molecular formula is C18H18N6O. The molecule has 2 aromatic heterocycles. The lowest BCUT2D eigenvalue weighted by Crippen LogP contribution is -2.30. The minimum absolute atomic E-state index is 0.0575. The fourth-order valence-electron chi connectivity index (χ4n) is 3.25. The molecule has 4 rings (SSSR count). The van der Waals surface area contributed by atoms with Crippen LogP contribution in [0.5, 0.6) is 0 Å². The number of tetrazole rings is 1. The van der Waals surface area contributed by atoms with Crippen LogP contribution in [0.1, 0.15) is 40.5 Å². The van der Waals surface area contributed by atoms with E-state index in [1.54, 1.807) is 17.2 Å². The molecule has 0 spiro atoms. The zero-order chi connectivity index (χ0) is 17.1. The average molecular weight is 334 g/mol. The van der Waals surface area contributed by atoms with E-state index in [4.69, 9.17) is 0 Å². The molecule has 126 valence electrons. The number of likely N-dealkylation sites (tertiary alicyclic amines) is 1. The van der Waals surface area contributed by atoms with Gasteiger partial charge in [0.1, 0.15) is 6.33 Å². The lowest BCUT2D eigenvalue weighted by Gasteiger charge is -2.24. The van der Waals surface area contributed by atoms with Gasteiger partial charge in [0, 0.05) is 18.3 Å². The van der Waals surface area contributed by atoms with Gasteiger partial charge >= 0.3 is 0 Å². The van der Waals surface area contributed by atoms with Gasteiger partial charge in [-0.3, -0.25) is 9.78 Å². The van der Waals surface area contributed by atoms with E-state index in [1.807, 2.05) is 47.4 Å². The summed E-state index contributed by atoms with van der Waals surface area (Å²) in [5.74, 6) is 0.0575. The van der Waals surface area contributed by atoms with Crippen molar-refractivity contribution in [2.45, 2.75) is 25.4 Å². The average Bonchev–Trinajstić information content (AvgIpc) is 3.34. The molecule has 1 amide bonds. The van der Waals surface area contributed by atoms with E-state index in [-0.39, 0.29) is 11.9 Å². The van der Waals surface area contributed by atoms with Gasteiger partial charge in [0.25, 0.3) is 5.91 Å². The minimum atomic E-state index is 0.0575. The van der Waals surface area contributed by atoms with E-state index >= 15 is 0 Å². The first kappa shape index (κ1) is 15.4. The number of amides is 1. The Bertz CT molecular complexity index is 832. The number of carbonyl (C=O) groups is 1. The highest BCUT2D eigenvalue weighted by Gasteiger charge is 2.31. The maximum atomic E-state index is 12.9. The zero-order valence-corrected chi connectivity index (χ0v) is 13.7. The molecular weight excluding hydrogens is 316 g/mol. The Balaban J connectivity index is 1.50. The summed E-state index contributed by atoms with van der Waals surface area (Å²) in [7, 11) is 0. The maximum Gasteiger partial charge on any atom is 0.254 e. The van der Waals surface area contributed by atoms with Crippen LogP contribution >= 0.6 is 0 Å². The summed E-state index contributed by atoms with van der Waals surface area (Å²) >= 11 is 0. The Hall–Kier alpha value is -3.09. The molecule has 0 aliphatic carbocycles. The second kappa shape index (κ2) is 6.80. The third-order valence-electron chi connectivity index (χ3n) is 4.48. The SMILES string of the molecule is O=C(c1ccc(Cn2cnnn2)cc1)N1CCC[C@H]1c1ccccn1. The molecule has 0 bridgehead atoms. The van der Waals surface area contributed by atoms with Crippen molar-refractivity contribution in [2.24, 2.45) is 0 Å². The van der Waals surface area contributed by atoms with E-state index in [0.717, 1.165) is 30.6 Å². The molecule has 1 aliphatic rings. The van der Waals surface area contributed by atoms with Crippen LogP contribution in [-0.2, 0) is 6.54 Å². The molecule has 25 heavy (non-hydrogen) atoms. The second-order valence-electron chi connectivity index (χ2n) is 6.12. The van der Waals surface area contributed by atoms with Crippen molar-refractivity contribution in [1.82, 2.24) is 30.1 Å². The summed E-state index contributed by atoms with van der Waals surface area (Å²) in [5, 5.41) is 11.1.